The molecule has 1 amide bonds. The molecule has 3 heteroatoms. The van der Waals surface area contributed by atoms with Crippen molar-refractivity contribution >= 4 is 5.91 Å². The van der Waals surface area contributed by atoms with Crippen LogP contribution in [0.1, 0.15) is 42.1 Å². The van der Waals surface area contributed by atoms with Crippen LogP contribution in [0.5, 0.6) is 0 Å². The minimum absolute atomic E-state index is 0.0140. The molecular formula is C15H23NO2. The van der Waals surface area contributed by atoms with Crippen LogP contribution in [-0.4, -0.2) is 35.6 Å². The van der Waals surface area contributed by atoms with E-state index in [4.69, 9.17) is 5.11 Å². The van der Waals surface area contributed by atoms with Crippen molar-refractivity contribution in [2.75, 3.05) is 19.7 Å². The monoisotopic (exact) mass is 249 g/mol. The summed E-state index contributed by atoms with van der Waals surface area (Å²) in [6.45, 7) is 5.29. The number of hydrogen-bond donors (Lipinski definition) is 1. The van der Waals surface area contributed by atoms with E-state index in [9.17, 15) is 4.79 Å². The first-order valence-electron chi connectivity index (χ1n) is 6.65. The molecule has 100 valence electrons. The summed E-state index contributed by atoms with van der Waals surface area (Å²) in [5, 5.41) is 9.04. The highest BCUT2D eigenvalue weighted by Crippen LogP contribution is 2.08. The average Bonchev–Trinajstić information content (AvgIpc) is 2.38. The predicted octanol–water partition coefficient (Wildman–Crippen LogP) is 2.62. The lowest BCUT2D eigenvalue weighted by atomic mass is 10.1. The second-order valence-electron chi connectivity index (χ2n) is 4.59. The second kappa shape index (κ2) is 7.88. The third-order valence-electron chi connectivity index (χ3n) is 2.99. The van der Waals surface area contributed by atoms with Crippen molar-refractivity contribution < 1.29 is 9.90 Å². The highest BCUT2D eigenvalue weighted by atomic mass is 16.3. The molecule has 0 spiro atoms. The summed E-state index contributed by atoms with van der Waals surface area (Å²) in [6.07, 6.45) is 3.24. The summed E-state index contributed by atoms with van der Waals surface area (Å²) in [4.78, 5) is 14.0. The smallest absolute Gasteiger partial charge is 0.253 e. The van der Waals surface area contributed by atoms with E-state index < -0.39 is 0 Å². The maximum Gasteiger partial charge on any atom is 0.253 e. The SMILES string of the molecule is CCCCCN(CCO)C(=O)c1ccc(C)cc1. The maximum absolute atomic E-state index is 12.3. The molecule has 0 unspecified atom stereocenters. The third-order valence-corrected chi connectivity index (χ3v) is 2.99. The van der Waals surface area contributed by atoms with Crippen LogP contribution < -0.4 is 0 Å². The second-order valence-corrected chi connectivity index (χ2v) is 4.59. The minimum Gasteiger partial charge on any atom is -0.395 e. The molecule has 0 aliphatic rings. The van der Waals surface area contributed by atoms with Gasteiger partial charge < -0.3 is 10.0 Å². The lowest BCUT2D eigenvalue weighted by Crippen LogP contribution is -2.34. The van der Waals surface area contributed by atoms with Crippen molar-refractivity contribution in [3.8, 4) is 0 Å². The Morgan fingerprint density at radius 2 is 1.83 bits per heavy atom. The van der Waals surface area contributed by atoms with E-state index in [2.05, 4.69) is 6.92 Å². The number of benzene rings is 1. The molecule has 0 heterocycles. The number of carbonyl (C=O) groups excluding carboxylic acids is 1. The van der Waals surface area contributed by atoms with E-state index in [1.807, 2.05) is 31.2 Å². The van der Waals surface area contributed by atoms with Gasteiger partial charge in [0.05, 0.1) is 6.61 Å². The van der Waals surface area contributed by atoms with Crippen LogP contribution >= 0.6 is 0 Å². The highest BCUT2D eigenvalue weighted by Gasteiger charge is 2.14. The maximum atomic E-state index is 12.3. The Morgan fingerprint density at radius 3 is 2.39 bits per heavy atom. The Bertz CT molecular complexity index is 359. The van der Waals surface area contributed by atoms with Crippen molar-refractivity contribution in [2.24, 2.45) is 0 Å². The Morgan fingerprint density at radius 1 is 1.17 bits per heavy atom. The van der Waals surface area contributed by atoms with Gasteiger partial charge in [0.1, 0.15) is 0 Å². The molecule has 0 aromatic heterocycles. The number of amides is 1. The number of rotatable bonds is 7. The number of carbonyl (C=O) groups is 1. The summed E-state index contributed by atoms with van der Waals surface area (Å²) in [6, 6.07) is 7.58. The fraction of sp³-hybridized carbons (Fsp3) is 0.533. The molecule has 0 fully saturated rings. The van der Waals surface area contributed by atoms with E-state index in [1.165, 1.54) is 0 Å². The summed E-state index contributed by atoms with van der Waals surface area (Å²) in [5.41, 5.74) is 1.84. The molecule has 1 aromatic carbocycles. The quantitative estimate of drug-likeness (QED) is 0.755. The molecule has 0 saturated heterocycles. The number of unbranched alkanes of at least 4 members (excludes halogenated alkanes) is 2. The van der Waals surface area contributed by atoms with Crippen molar-refractivity contribution in [1.82, 2.24) is 4.90 Å². The van der Waals surface area contributed by atoms with Gasteiger partial charge in [-0.1, -0.05) is 37.5 Å². The zero-order valence-corrected chi connectivity index (χ0v) is 11.4. The molecule has 1 aromatic rings. The van der Waals surface area contributed by atoms with Crippen molar-refractivity contribution in [2.45, 2.75) is 33.1 Å². The number of hydrogen-bond acceptors (Lipinski definition) is 2. The van der Waals surface area contributed by atoms with Gasteiger partial charge in [-0.3, -0.25) is 4.79 Å². The number of aryl methyl sites for hydroxylation is 1. The molecule has 1 rings (SSSR count). The topological polar surface area (TPSA) is 40.5 Å². The molecule has 0 aliphatic carbocycles. The van der Waals surface area contributed by atoms with E-state index in [0.29, 0.717) is 12.1 Å². The summed E-state index contributed by atoms with van der Waals surface area (Å²) in [5.74, 6) is 0.0140. The van der Waals surface area contributed by atoms with E-state index >= 15 is 0 Å². The standard InChI is InChI=1S/C15H23NO2/c1-3-4-5-10-16(11-12-17)15(18)14-8-6-13(2)7-9-14/h6-9,17H,3-5,10-12H2,1-2H3. The van der Waals surface area contributed by atoms with Gasteiger partial charge in [-0.15, -0.1) is 0 Å². The number of nitrogens with zero attached hydrogens (tertiary/aromatic N) is 1. The van der Waals surface area contributed by atoms with Crippen LogP contribution in [0.25, 0.3) is 0 Å². The normalized spacial score (nSPS) is 10.4. The van der Waals surface area contributed by atoms with Crippen molar-refractivity contribution in [3.05, 3.63) is 35.4 Å². The van der Waals surface area contributed by atoms with Crippen LogP contribution in [0.15, 0.2) is 24.3 Å². The molecule has 0 saturated carbocycles. The molecular weight excluding hydrogens is 226 g/mol. The van der Waals surface area contributed by atoms with Gasteiger partial charge in [-0.25, -0.2) is 0 Å². The van der Waals surface area contributed by atoms with Gasteiger partial charge in [-0.2, -0.15) is 0 Å². The zero-order valence-electron chi connectivity index (χ0n) is 11.4. The largest absolute Gasteiger partial charge is 0.395 e. The fourth-order valence-corrected chi connectivity index (χ4v) is 1.87. The van der Waals surface area contributed by atoms with Crippen molar-refractivity contribution in [3.63, 3.8) is 0 Å². The van der Waals surface area contributed by atoms with Gasteiger partial charge in [0.2, 0.25) is 0 Å². The molecule has 0 atom stereocenters. The molecule has 3 nitrogen and oxygen atoms in total. The molecule has 0 aliphatic heterocycles. The number of aliphatic hydroxyl groups excluding tert-OH is 1. The van der Waals surface area contributed by atoms with E-state index in [0.717, 1.165) is 31.4 Å². The van der Waals surface area contributed by atoms with Gasteiger partial charge >= 0.3 is 0 Å². The lowest BCUT2D eigenvalue weighted by molar-refractivity contribution is 0.0718. The first-order chi connectivity index (χ1) is 8.69. The van der Waals surface area contributed by atoms with Crippen LogP contribution in [0.4, 0.5) is 0 Å². The summed E-state index contributed by atoms with van der Waals surface area (Å²) >= 11 is 0. The summed E-state index contributed by atoms with van der Waals surface area (Å²) < 4.78 is 0. The van der Waals surface area contributed by atoms with Crippen molar-refractivity contribution in [1.29, 1.82) is 0 Å². The van der Waals surface area contributed by atoms with Gasteiger partial charge in [-0.05, 0) is 25.5 Å². The Labute approximate surface area is 109 Å². The molecule has 18 heavy (non-hydrogen) atoms. The van der Waals surface area contributed by atoms with E-state index in [1.54, 1.807) is 4.90 Å². The number of aliphatic hydroxyl groups is 1. The van der Waals surface area contributed by atoms with Gasteiger partial charge in [0.15, 0.2) is 0 Å². The van der Waals surface area contributed by atoms with Crippen LogP contribution in [0.3, 0.4) is 0 Å². The molecule has 0 bridgehead atoms. The van der Waals surface area contributed by atoms with Crippen LogP contribution in [0, 0.1) is 6.92 Å². The highest BCUT2D eigenvalue weighted by molar-refractivity contribution is 5.94. The fourth-order valence-electron chi connectivity index (χ4n) is 1.87. The lowest BCUT2D eigenvalue weighted by Gasteiger charge is -2.21. The first kappa shape index (κ1) is 14.7. The minimum atomic E-state index is 0.0140. The van der Waals surface area contributed by atoms with Crippen LogP contribution in [-0.2, 0) is 0 Å². The predicted molar refractivity (Wildman–Crippen MR) is 73.7 cm³/mol. The Balaban J connectivity index is 2.66. The molecule has 0 radical (unpaired) electrons. The van der Waals surface area contributed by atoms with Crippen LogP contribution in [0.2, 0.25) is 0 Å². The average molecular weight is 249 g/mol. The molecule has 1 N–H and O–H groups in total. The summed E-state index contributed by atoms with van der Waals surface area (Å²) in [7, 11) is 0. The van der Waals surface area contributed by atoms with E-state index in [-0.39, 0.29) is 12.5 Å². The zero-order chi connectivity index (χ0) is 13.4. The Hall–Kier alpha value is -1.35. The first-order valence-corrected chi connectivity index (χ1v) is 6.65. The Kier molecular flexibility index (Phi) is 6.44. The van der Waals surface area contributed by atoms with Gasteiger partial charge in [0.25, 0.3) is 5.91 Å². The van der Waals surface area contributed by atoms with Gasteiger partial charge in [0, 0.05) is 18.7 Å². The third kappa shape index (κ3) is 4.49.